The zero-order chi connectivity index (χ0) is 16.0. The molecule has 0 saturated heterocycles. The van der Waals surface area contributed by atoms with Crippen LogP contribution in [0.2, 0.25) is 0 Å². The van der Waals surface area contributed by atoms with E-state index in [9.17, 15) is 18.0 Å². The van der Waals surface area contributed by atoms with E-state index in [1.165, 1.54) is 25.3 Å². The molecule has 0 fully saturated rings. The molecule has 21 heavy (non-hydrogen) atoms. The van der Waals surface area contributed by atoms with Gasteiger partial charge in [0, 0.05) is 6.20 Å². The number of hydrogen-bond acceptors (Lipinski definition) is 5. The lowest BCUT2D eigenvalue weighted by atomic mass is 10.2. The van der Waals surface area contributed by atoms with Gasteiger partial charge in [-0.25, -0.2) is 22.9 Å². The number of carbonyl (C=O) groups excluding carboxylic acids is 1. The lowest BCUT2D eigenvalue weighted by molar-refractivity contribution is -0.117. The number of aromatic nitrogens is 1. The van der Waals surface area contributed by atoms with Crippen LogP contribution in [0.4, 0.5) is 5.82 Å². The highest BCUT2D eigenvalue weighted by Gasteiger charge is 2.21. The molecule has 0 spiro atoms. The molecule has 0 radical (unpaired) electrons. The maximum Gasteiger partial charge on any atom is 0.339 e. The van der Waals surface area contributed by atoms with Crippen molar-refractivity contribution in [3.05, 3.63) is 23.9 Å². The van der Waals surface area contributed by atoms with Gasteiger partial charge < -0.3 is 10.4 Å². The Kier molecular flexibility index (Phi) is 5.79. The summed E-state index contributed by atoms with van der Waals surface area (Å²) in [5.41, 5.74) is -0.172. The SMILES string of the molecule is CCCS(=O)(=O)NC(C)C(=O)Nc1ncccc1C(=O)O. The number of nitrogens with one attached hydrogen (secondary N) is 2. The molecule has 1 amide bonds. The second-order valence-corrected chi connectivity index (χ2v) is 6.23. The van der Waals surface area contributed by atoms with Gasteiger partial charge in [-0.15, -0.1) is 0 Å². The fourth-order valence-electron chi connectivity index (χ4n) is 1.55. The summed E-state index contributed by atoms with van der Waals surface area (Å²) in [7, 11) is -3.54. The minimum atomic E-state index is -3.54. The van der Waals surface area contributed by atoms with Gasteiger partial charge in [0.15, 0.2) is 0 Å². The molecular weight excluding hydrogens is 298 g/mol. The van der Waals surface area contributed by atoms with Crippen LogP contribution in [0.3, 0.4) is 0 Å². The minimum absolute atomic E-state index is 0.0887. The van der Waals surface area contributed by atoms with E-state index in [4.69, 9.17) is 5.11 Å². The standard InChI is InChI=1S/C12H17N3O5S/c1-3-7-21(19,20)15-8(2)11(16)14-10-9(12(17)18)5-4-6-13-10/h4-6,8,15H,3,7H2,1-2H3,(H,17,18)(H,13,14,16). The Morgan fingerprint density at radius 2 is 2.10 bits per heavy atom. The molecule has 3 N–H and O–H groups in total. The smallest absolute Gasteiger partial charge is 0.339 e. The molecule has 1 unspecified atom stereocenters. The van der Waals surface area contributed by atoms with E-state index in [0.29, 0.717) is 6.42 Å². The number of rotatable bonds is 7. The topological polar surface area (TPSA) is 125 Å². The van der Waals surface area contributed by atoms with Gasteiger partial charge in [-0.3, -0.25) is 4.79 Å². The van der Waals surface area contributed by atoms with Gasteiger partial charge in [0.1, 0.15) is 11.4 Å². The Balaban J connectivity index is 2.80. The molecule has 1 aromatic heterocycles. The van der Waals surface area contributed by atoms with Crippen LogP contribution >= 0.6 is 0 Å². The molecule has 0 aliphatic rings. The third-order valence-electron chi connectivity index (χ3n) is 2.50. The summed E-state index contributed by atoms with van der Waals surface area (Å²) in [6.45, 7) is 3.07. The molecule has 0 aromatic carbocycles. The Morgan fingerprint density at radius 3 is 2.67 bits per heavy atom. The predicted molar refractivity (Wildman–Crippen MR) is 76.5 cm³/mol. The second-order valence-electron chi connectivity index (χ2n) is 4.35. The number of aromatic carboxylic acids is 1. The molecule has 0 aliphatic heterocycles. The Bertz CT molecular complexity index is 630. The number of sulfonamides is 1. The molecule has 1 heterocycles. The van der Waals surface area contributed by atoms with Gasteiger partial charge in [0.05, 0.1) is 11.8 Å². The number of carbonyl (C=O) groups is 2. The van der Waals surface area contributed by atoms with Crippen LogP contribution in [0, 0.1) is 0 Å². The van der Waals surface area contributed by atoms with E-state index in [0.717, 1.165) is 0 Å². The van der Waals surface area contributed by atoms with Gasteiger partial charge >= 0.3 is 5.97 Å². The van der Waals surface area contributed by atoms with Gasteiger partial charge in [0.2, 0.25) is 15.9 Å². The van der Waals surface area contributed by atoms with Crippen molar-refractivity contribution in [3.8, 4) is 0 Å². The highest BCUT2D eigenvalue weighted by Crippen LogP contribution is 2.11. The Hall–Kier alpha value is -2.00. The van der Waals surface area contributed by atoms with Crippen molar-refractivity contribution in [1.29, 1.82) is 0 Å². The molecule has 0 bridgehead atoms. The van der Waals surface area contributed by atoms with Crippen LogP contribution in [-0.2, 0) is 14.8 Å². The first-order chi connectivity index (χ1) is 9.76. The summed E-state index contributed by atoms with van der Waals surface area (Å²) >= 11 is 0. The van der Waals surface area contributed by atoms with Crippen molar-refractivity contribution < 1.29 is 23.1 Å². The quantitative estimate of drug-likeness (QED) is 0.670. The largest absolute Gasteiger partial charge is 0.478 e. The van der Waals surface area contributed by atoms with Gasteiger partial charge in [0.25, 0.3) is 0 Å². The Morgan fingerprint density at radius 1 is 1.43 bits per heavy atom. The number of carboxylic acid groups (broad SMARTS) is 1. The summed E-state index contributed by atoms with van der Waals surface area (Å²) in [6, 6.07) is 1.67. The van der Waals surface area contributed by atoms with Crippen LogP contribution in [0.25, 0.3) is 0 Å². The maximum absolute atomic E-state index is 11.9. The summed E-state index contributed by atoms with van der Waals surface area (Å²) < 4.78 is 25.4. The summed E-state index contributed by atoms with van der Waals surface area (Å²) in [4.78, 5) is 26.6. The average Bonchev–Trinajstić information content (AvgIpc) is 2.38. The van der Waals surface area contributed by atoms with E-state index in [1.807, 2.05) is 0 Å². The first-order valence-electron chi connectivity index (χ1n) is 6.26. The third kappa shape index (κ3) is 5.12. The normalized spacial score (nSPS) is 12.7. The van der Waals surface area contributed by atoms with Crippen molar-refractivity contribution >= 4 is 27.7 Å². The first-order valence-corrected chi connectivity index (χ1v) is 7.91. The van der Waals surface area contributed by atoms with E-state index < -0.39 is 27.9 Å². The lowest BCUT2D eigenvalue weighted by Gasteiger charge is -2.14. The van der Waals surface area contributed by atoms with Crippen molar-refractivity contribution in [2.24, 2.45) is 0 Å². The van der Waals surface area contributed by atoms with E-state index in [1.54, 1.807) is 6.92 Å². The van der Waals surface area contributed by atoms with Crippen molar-refractivity contribution in [3.63, 3.8) is 0 Å². The number of pyridine rings is 1. The molecule has 1 atom stereocenters. The maximum atomic E-state index is 11.9. The van der Waals surface area contributed by atoms with Crippen LogP contribution in [0.15, 0.2) is 18.3 Å². The fraction of sp³-hybridized carbons (Fsp3) is 0.417. The van der Waals surface area contributed by atoms with Gasteiger partial charge in [-0.2, -0.15) is 0 Å². The number of carboxylic acids is 1. The highest BCUT2D eigenvalue weighted by molar-refractivity contribution is 7.89. The third-order valence-corrected chi connectivity index (χ3v) is 4.16. The van der Waals surface area contributed by atoms with E-state index in [-0.39, 0.29) is 17.1 Å². The van der Waals surface area contributed by atoms with Gasteiger partial charge in [-0.1, -0.05) is 6.92 Å². The minimum Gasteiger partial charge on any atom is -0.478 e. The van der Waals surface area contributed by atoms with E-state index in [2.05, 4.69) is 15.0 Å². The number of amides is 1. The van der Waals surface area contributed by atoms with Crippen molar-refractivity contribution in [2.75, 3.05) is 11.1 Å². The molecule has 9 heteroatoms. The number of nitrogens with zero attached hydrogens (tertiary/aromatic N) is 1. The number of hydrogen-bond donors (Lipinski definition) is 3. The van der Waals surface area contributed by atoms with Crippen LogP contribution < -0.4 is 10.0 Å². The molecule has 0 aliphatic carbocycles. The molecule has 1 rings (SSSR count). The Labute approximate surface area is 122 Å². The lowest BCUT2D eigenvalue weighted by Crippen LogP contribution is -2.42. The average molecular weight is 315 g/mol. The molecule has 8 nitrogen and oxygen atoms in total. The second kappa shape index (κ2) is 7.14. The van der Waals surface area contributed by atoms with E-state index >= 15 is 0 Å². The van der Waals surface area contributed by atoms with Crippen LogP contribution in [-0.4, -0.2) is 42.2 Å². The summed E-state index contributed by atoms with van der Waals surface area (Å²) in [5.74, 6) is -2.14. The summed E-state index contributed by atoms with van der Waals surface area (Å²) in [6.07, 6.45) is 1.75. The van der Waals surface area contributed by atoms with Crippen molar-refractivity contribution in [1.82, 2.24) is 9.71 Å². The van der Waals surface area contributed by atoms with Crippen LogP contribution in [0.5, 0.6) is 0 Å². The van der Waals surface area contributed by atoms with Crippen LogP contribution in [0.1, 0.15) is 30.6 Å². The molecule has 116 valence electrons. The summed E-state index contributed by atoms with van der Waals surface area (Å²) in [5, 5.41) is 11.3. The predicted octanol–water partition coefficient (Wildman–Crippen LogP) is 0.436. The van der Waals surface area contributed by atoms with Gasteiger partial charge in [-0.05, 0) is 25.5 Å². The van der Waals surface area contributed by atoms with Crippen molar-refractivity contribution in [2.45, 2.75) is 26.3 Å². The fourth-order valence-corrected chi connectivity index (χ4v) is 2.85. The number of anilines is 1. The molecular formula is C12H17N3O5S. The first kappa shape index (κ1) is 17.1. The monoisotopic (exact) mass is 315 g/mol. The molecule has 0 saturated carbocycles. The molecule has 1 aromatic rings. The zero-order valence-corrected chi connectivity index (χ0v) is 12.5. The zero-order valence-electron chi connectivity index (χ0n) is 11.7. The highest BCUT2D eigenvalue weighted by atomic mass is 32.2.